The topological polar surface area (TPSA) is 15.3 Å². The molecule has 25 heavy (non-hydrogen) atoms. The zero-order valence-electron chi connectivity index (χ0n) is 15.7. The first-order chi connectivity index (χ1) is 12.1. The van der Waals surface area contributed by atoms with E-state index in [1.54, 1.807) is 0 Å². The summed E-state index contributed by atoms with van der Waals surface area (Å²) in [4.78, 5) is 3.95. The average Bonchev–Trinajstić information content (AvgIpc) is 3.10. The molecule has 0 radical (unpaired) electrons. The Hall–Kier alpha value is -1.16. The number of thiophene rings is 1. The summed E-state index contributed by atoms with van der Waals surface area (Å²) in [5, 5.41) is 6.04. The van der Waals surface area contributed by atoms with Crippen LogP contribution in [0.4, 0.5) is 0 Å². The molecule has 1 aromatic heterocycles. The van der Waals surface area contributed by atoms with Gasteiger partial charge in [0.2, 0.25) is 0 Å². The molecule has 1 fully saturated rings. The molecule has 0 bridgehead atoms. The van der Waals surface area contributed by atoms with Gasteiger partial charge in [-0.3, -0.25) is 0 Å². The summed E-state index contributed by atoms with van der Waals surface area (Å²) < 4.78 is 0. The summed E-state index contributed by atoms with van der Waals surface area (Å²) in [5.41, 5.74) is 1.77. The van der Waals surface area contributed by atoms with Crippen LogP contribution in [0.2, 0.25) is 0 Å². The van der Waals surface area contributed by atoms with Crippen LogP contribution >= 0.6 is 11.3 Å². The molecule has 0 spiro atoms. The standard InChI is InChI=1S/C22H32N2S/c1-22(18-21-9-6-16-25-21,17-19-7-4-3-5-8-19)12-13-23-20-10-14-24(2)15-11-20/h3-9,16,20,23H,10-15,17-18H2,1-2H3/t22-/m1/s1. The summed E-state index contributed by atoms with van der Waals surface area (Å²) >= 11 is 1.90. The van der Waals surface area contributed by atoms with Gasteiger partial charge in [0, 0.05) is 10.9 Å². The molecule has 1 aromatic carbocycles. The number of nitrogens with zero attached hydrogens (tertiary/aromatic N) is 1. The lowest BCUT2D eigenvalue weighted by molar-refractivity contribution is 0.222. The van der Waals surface area contributed by atoms with E-state index in [1.807, 2.05) is 11.3 Å². The third-order valence-electron chi connectivity index (χ3n) is 5.53. The van der Waals surface area contributed by atoms with Crippen LogP contribution in [-0.4, -0.2) is 37.6 Å². The van der Waals surface area contributed by atoms with Gasteiger partial charge in [-0.15, -0.1) is 11.3 Å². The van der Waals surface area contributed by atoms with Crippen molar-refractivity contribution in [1.82, 2.24) is 10.2 Å². The molecular weight excluding hydrogens is 324 g/mol. The van der Waals surface area contributed by atoms with Crippen molar-refractivity contribution in [2.24, 2.45) is 5.41 Å². The fraction of sp³-hybridized carbons (Fsp3) is 0.545. The molecule has 0 saturated carbocycles. The molecular formula is C22H32N2S. The summed E-state index contributed by atoms with van der Waals surface area (Å²) in [6, 6.07) is 16.2. The van der Waals surface area contributed by atoms with E-state index >= 15 is 0 Å². The quantitative estimate of drug-likeness (QED) is 0.743. The molecule has 1 N–H and O–H groups in total. The number of hydrogen-bond donors (Lipinski definition) is 1. The highest BCUT2D eigenvalue weighted by atomic mass is 32.1. The van der Waals surface area contributed by atoms with E-state index in [4.69, 9.17) is 0 Å². The molecule has 2 heterocycles. The first-order valence-corrected chi connectivity index (χ1v) is 10.5. The van der Waals surface area contributed by atoms with Crippen LogP contribution in [0.3, 0.4) is 0 Å². The highest BCUT2D eigenvalue weighted by molar-refractivity contribution is 7.09. The Morgan fingerprint density at radius 3 is 2.52 bits per heavy atom. The first-order valence-electron chi connectivity index (χ1n) is 9.61. The van der Waals surface area contributed by atoms with Gasteiger partial charge in [0.1, 0.15) is 0 Å². The maximum atomic E-state index is 3.84. The van der Waals surface area contributed by atoms with Gasteiger partial charge in [-0.1, -0.05) is 43.3 Å². The lowest BCUT2D eigenvalue weighted by Crippen LogP contribution is -2.42. The van der Waals surface area contributed by atoms with Crippen LogP contribution in [0.1, 0.15) is 36.6 Å². The van der Waals surface area contributed by atoms with Crippen LogP contribution in [0, 0.1) is 5.41 Å². The number of piperidine rings is 1. The van der Waals surface area contributed by atoms with E-state index in [-0.39, 0.29) is 0 Å². The zero-order valence-corrected chi connectivity index (χ0v) is 16.5. The Morgan fingerprint density at radius 2 is 1.84 bits per heavy atom. The smallest absolute Gasteiger partial charge is 0.00914 e. The van der Waals surface area contributed by atoms with Gasteiger partial charge in [0.25, 0.3) is 0 Å². The molecule has 2 aromatic rings. The highest BCUT2D eigenvalue weighted by Gasteiger charge is 2.26. The molecule has 1 aliphatic heterocycles. The van der Waals surface area contributed by atoms with Gasteiger partial charge in [-0.25, -0.2) is 0 Å². The molecule has 0 unspecified atom stereocenters. The number of benzene rings is 1. The fourth-order valence-electron chi connectivity index (χ4n) is 3.95. The van der Waals surface area contributed by atoms with Crippen molar-refractivity contribution >= 4 is 11.3 Å². The van der Waals surface area contributed by atoms with Crippen molar-refractivity contribution < 1.29 is 0 Å². The van der Waals surface area contributed by atoms with Gasteiger partial charge in [0.05, 0.1) is 0 Å². The van der Waals surface area contributed by atoms with E-state index < -0.39 is 0 Å². The van der Waals surface area contributed by atoms with E-state index in [0.717, 1.165) is 13.0 Å². The normalized spacial score (nSPS) is 19.0. The van der Waals surface area contributed by atoms with Crippen LogP contribution < -0.4 is 5.32 Å². The molecule has 0 aliphatic carbocycles. The Kier molecular flexibility index (Phi) is 6.69. The number of rotatable bonds is 8. The van der Waals surface area contributed by atoms with Crippen molar-refractivity contribution in [3.05, 3.63) is 58.3 Å². The minimum Gasteiger partial charge on any atom is -0.314 e. The maximum Gasteiger partial charge on any atom is 0.00914 e. The first kappa shape index (κ1) is 18.6. The Labute approximate surface area is 157 Å². The van der Waals surface area contributed by atoms with Crippen LogP contribution in [-0.2, 0) is 12.8 Å². The molecule has 0 amide bonds. The summed E-state index contributed by atoms with van der Waals surface area (Å²) in [5.74, 6) is 0. The molecule has 1 atom stereocenters. The van der Waals surface area contributed by atoms with Crippen LogP contribution in [0.25, 0.3) is 0 Å². The second kappa shape index (κ2) is 8.98. The van der Waals surface area contributed by atoms with E-state index in [2.05, 4.69) is 72.0 Å². The van der Waals surface area contributed by atoms with Crippen molar-refractivity contribution in [2.75, 3.05) is 26.7 Å². The van der Waals surface area contributed by atoms with E-state index in [1.165, 1.54) is 49.2 Å². The fourth-order valence-corrected chi connectivity index (χ4v) is 4.87. The van der Waals surface area contributed by atoms with Crippen molar-refractivity contribution in [3.63, 3.8) is 0 Å². The predicted octanol–water partition coefficient (Wildman–Crippen LogP) is 4.61. The van der Waals surface area contributed by atoms with Crippen molar-refractivity contribution in [3.8, 4) is 0 Å². The molecule has 2 nitrogen and oxygen atoms in total. The Morgan fingerprint density at radius 1 is 1.08 bits per heavy atom. The van der Waals surface area contributed by atoms with Crippen molar-refractivity contribution in [2.45, 2.75) is 45.1 Å². The molecule has 1 saturated heterocycles. The SMILES string of the molecule is CN1CCC(NCC[C@](C)(Cc2ccccc2)Cc2cccs2)CC1. The largest absolute Gasteiger partial charge is 0.314 e. The van der Waals surface area contributed by atoms with Gasteiger partial charge in [-0.2, -0.15) is 0 Å². The summed E-state index contributed by atoms with van der Waals surface area (Å²) in [6.45, 7) is 6.06. The third-order valence-corrected chi connectivity index (χ3v) is 6.41. The number of likely N-dealkylation sites (tertiary alicyclic amines) is 1. The van der Waals surface area contributed by atoms with Gasteiger partial charge < -0.3 is 10.2 Å². The van der Waals surface area contributed by atoms with Crippen LogP contribution in [0.5, 0.6) is 0 Å². The number of nitrogens with one attached hydrogen (secondary N) is 1. The molecule has 3 heteroatoms. The number of hydrogen-bond acceptors (Lipinski definition) is 3. The summed E-state index contributed by atoms with van der Waals surface area (Å²) in [6.07, 6.45) is 6.13. The predicted molar refractivity (Wildman–Crippen MR) is 109 cm³/mol. The third kappa shape index (κ3) is 5.95. The van der Waals surface area contributed by atoms with Gasteiger partial charge in [0.15, 0.2) is 0 Å². The molecule has 1 aliphatic rings. The second-order valence-electron chi connectivity index (χ2n) is 8.01. The van der Waals surface area contributed by atoms with Crippen molar-refractivity contribution in [1.29, 1.82) is 0 Å². The average molecular weight is 357 g/mol. The van der Waals surface area contributed by atoms with Gasteiger partial charge in [-0.05, 0) is 81.2 Å². The second-order valence-corrected chi connectivity index (χ2v) is 9.04. The highest BCUT2D eigenvalue weighted by Crippen LogP contribution is 2.32. The lowest BCUT2D eigenvalue weighted by Gasteiger charge is -2.33. The van der Waals surface area contributed by atoms with Crippen LogP contribution in [0.15, 0.2) is 47.8 Å². The molecule has 3 rings (SSSR count). The van der Waals surface area contributed by atoms with E-state index in [9.17, 15) is 0 Å². The van der Waals surface area contributed by atoms with Gasteiger partial charge >= 0.3 is 0 Å². The zero-order chi connectivity index (χ0) is 17.5. The Bertz CT molecular complexity index is 602. The lowest BCUT2D eigenvalue weighted by atomic mass is 9.77. The summed E-state index contributed by atoms with van der Waals surface area (Å²) in [7, 11) is 2.23. The Balaban J connectivity index is 1.57. The minimum absolute atomic E-state index is 0.310. The van der Waals surface area contributed by atoms with E-state index in [0.29, 0.717) is 11.5 Å². The molecule has 136 valence electrons. The maximum absolute atomic E-state index is 3.84. The monoisotopic (exact) mass is 356 g/mol. The minimum atomic E-state index is 0.310.